The minimum absolute atomic E-state index is 0.00383. The van der Waals surface area contributed by atoms with E-state index >= 15 is 0 Å². The van der Waals surface area contributed by atoms with E-state index in [1.54, 1.807) is 0 Å². The number of nitrogens with one attached hydrogen (secondary N) is 1. The number of methoxy groups -OCH3 is 1. The van der Waals surface area contributed by atoms with Crippen molar-refractivity contribution in [1.82, 2.24) is 4.72 Å². The summed E-state index contributed by atoms with van der Waals surface area (Å²) in [6.07, 6.45) is 3.57. The lowest BCUT2D eigenvalue weighted by molar-refractivity contribution is -0.140. The summed E-state index contributed by atoms with van der Waals surface area (Å²) < 4.78 is 30.4. The van der Waals surface area contributed by atoms with Crippen LogP contribution in [0.3, 0.4) is 0 Å². The Balaban J connectivity index is 2.28. The van der Waals surface area contributed by atoms with Crippen LogP contribution in [0.25, 0.3) is 0 Å². The van der Waals surface area contributed by atoms with Crippen LogP contribution >= 0.6 is 0 Å². The molecule has 0 amide bonds. The maximum absolute atomic E-state index is 11.7. The highest BCUT2D eigenvalue weighted by atomic mass is 32.2. The van der Waals surface area contributed by atoms with E-state index in [2.05, 4.69) is 9.46 Å². The average molecular weight is 293 g/mol. The number of aliphatic hydroxyl groups excluding tert-OH is 1. The van der Waals surface area contributed by atoms with Gasteiger partial charge in [0.2, 0.25) is 10.0 Å². The molecule has 1 rings (SSSR count). The van der Waals surface area contributed by atoms with Gasteiger partial charge < -0.3 is 9.84 Å². The zero-order valence-electron chi connectivity index (χ0n) is 11.3. The Kier molecular flexibility index (Phi) is 6.74. The Morgan fingerprint density at radius 1 is 1.37 bits per heavy atom. The molecule has 19 heavy (non-hydrogen) atoms. The van der Waals surface area contributed by atoms with Gasteiger partial charge in [0.1, 0.15) is 0 Å². The SMILES string of the molecule is COC(=O)CCCS(=O)(=O)NCC1CCCCC1O. The van der Waals surface area contributed by atoms with Crippen LogP contribution in [0.5, 0.6) is 0 Å². The van der Waals surface area contributed by atoms with Gasteiger partial charge in [-0.15, -0.1) is 0 Å². The molecule has 1 aliphatic carbocycles. The molecule has 1 fully saturated rings. The second-order valence-corrected chi connectivity index (χ2v) is 6.89. The average Bonchev–Trinajstić information content (AvgIpc) is 2.37. The molecule has 0 heterocycles. The van der Waals surface area contributed by atoms with Crippen molar-refractivity contribution in [1.29, 1.82) is 0 Å². The summed E-state index contributed by atoms with van der Waals surface area (Å²) >= 11 is 0. The molecule has 0 aromatic rings. The van der Waals surface area contributed by atoms with Gasteiger partial charge in [0.25, 0.3) is 0 Å². The highest BCUT2D eigenvalue weighted by Gasteiger charge is 2.24. The summed E-state index contributed by atoms with van der Waals surface area (Å²) in [5.41, 5.74) is 0. The van der Waals surface area contributed by atoms with Crippen LogP contribution < -0.4 is 4.72 Å². The number of aliphatic hydroxyl groups is 1. The summed E-state index contributed by atoms with van der Waals surface area (Å²) in [7, 11) is -2.10. The number of hydrogen-bond acceptors (Lipinski definition) is 5. The van der Waals surface area contributed by atoms with Crippen molar-refractivity contribution >= 4 is 16.0 Å². The normalized spacial score (nSPS) is 24.1. The third kappa shape index (κ3) is 6.35. The van der Waals surface area contributed by atoms with Crippen molar-refractivity contribution in [2.24, 2.45) is 5.92 Å². The molecule has 0 aliphatic heterocycles. The van der Waals surface area contributed by atoms with E-state index in [-0.39, 0.29) is 31.1 Å². The first kappa shape index (κ1) is 16.4. The molecule has 2 unspecified atom stereocenters. The van der Waals surface area contributed by atoms with Gasteiger partial charge in [-0.05, 0) is 25.2 Å². The first-order chi connectivity index (χ1) is 8.94. The van der Waals surface area contributed by atoms with Gasteiger partial charge >= 0.3 is 5.97 Å². The molecule has 0 spiro atoms. The third-order valence-corrected chi connectivity index (χ3v) is 4.89. The predicted octanol–water partition coefficient (Wildman–Crippen LogP) is 0.410. The van der Waals surface area contributed by atoms with Gasteiger partial charge in [0.15, 0.2) is 0 Å². The first-order valence-electron chi connectivity index (χ1n) is 6.67. The van der Waals surface area contributed by atoms with Crippen molar-refractivity contribution in [2.45, 2.75) is 44.6 Å². The topological polar surface area (TPSA) is 92.7 Å². The van der Waals surface area contributed by atoms with Gasteiger partial charge in [0, 0.05) is 13.0 Å². The second kappa shape index (κ2) is 7.81. The van der Waals surface area contributed by atoms with E-state index in [9.17, 15) is 18.3 Å². The lowest BCUT2D eigenvalue weighted by Crippen LogP contribution is -2.37. The number of sulfonamides is 1. The van der Waals surface area contributed by atoms with Crippen LogP contribution in [0.1, 0.15) is 38.5 Å². The van der Waals surface area contributed by atoms with Gasteiger partial charge in [-0.25, -0.2) is 13.1 Å². The Hall–Kier alpha value is -0.660. The zero-order chi connectivity index (χ0) is 14.3. The number of ether oxygens (including phenoxy) is 1. The molecule has 2 N–H and O–H groups in total. The molecular weight excluding hydrogens is 270 g/mol. The largest absolute Gasteiger partial charge is 0.469 e. The Bertz CT molecular complexity index is 382. The number of esters is 1. The number of rotatable bonds is 7. The van der Waals surface area contributed by atoms with Crippen LogP contribution in [0.15, 0.2) is 0 Å². The number of carbonyl (C=O) groups excluding carboxylic acids is 1. The lowest BCUT2D eigenvalue weighted by Gasteiger charge is -2.27. The summed E-state index contributed by atoms with van der Waals surface area (Å²) in [4.78, 5) is 10.9. The van der Waals surface area contributed by atoms with Crippen molar-refractivity contribution in [3.05, 3.63) is 0 Å². The van der Waals surface area contributed by atoms with Crippen molar-refractivity contribution in [3.8, 4) is 0 Å². The molecule has 1 saturated carbocycles. The molecule has 1 aliphatic rings. The molecule has 7 heteroatoms. The minimum Gasteiger partial charge on any atom is -0.469 e. The van der Waals surface area contributed by atoms with E-state index < -0.39 is 22.1 Å². The van der Waals surface area contributed by atoms with Crippen LogP contribution in [0, 0.1) is 5.92 Å². The van der Waals surface area contributed by atoms with Crippen LogP contribution in [0.2, 0.25) is 0 Å². The Labute approximate surface area is 114 Å². The molecular formula is C12H23NO5S. The van der Waals surface area contributed by atoms with E-state index in [4.69, 9.17) is 0 Å². The molecule has 0 aromatic carbocycles. The summed E-state index contributed by atoms with van der Waals surface area (Å²) in [5, 5.41) is 9.75. The van der Waals surface area contributed by atoms with Gasteiger partial charge in [-0.2, -0.15) is 0 Å². The van der Waals surface area contributed by atoms with Crippen molar-refractivity contribution in [2.75, 3.05) is 19.4 Å². The van der Waals surface area contributed by atoms with Gasteiger partial charge in [-0.3, -0.25) is 4.79 Å². The van der Waals surface area contributed by atoms with Crippen LogP contribution in [0.4, 0.5) is 0 Å². The standard InChI is InChI=1S/C12H23NO5S/c1-18-12(15)7-4-8-19(16,17)13-9-10-5-2-3-6-11(10)14/h10-11,13-14H,2-9H2,1H3. The minimum atomic E-state index is -3.38. The maximum Gasteiger partial charge on any atom is 0.305 e. The summed E-state index contributed by atoms with van der Waals surface area (Å²) in [6.45, 7) is 0.279. The molecule has 0 radical (unpaired) electrons. The fraction of sp³-hybridized carbons (Fsp3) is 0.917. The maximum atomic E-state index is 11.7. The molecule has 0 bridgehead atoms. The fourth-order valence-corrected chi connectivity index (χ4v) is 3.38. The van der Waals surface area contributed by atoms with Crippen molar-refractivity contribution < 1.29 is 23.1 Å². The second-order valence-electron chi connectivity index (χ2n) is 4.96. The Morgan fingerprint density at radius 3 is 2.68 bits per heavy atom. The number of hydrogen-bond donors (Lipinski definition) is 2. The molecule has 0 aromatic heterocycles. The van der Waals surface area contributed by atoms with E-state index in [1.807, 2.05) is 0 Å². The first-order valence-corrected chi connectivity index (χ1v) is 8.32. The molecule has 6 nitrogen and oxygen atoms in total. The van der Waals surface area contributed by atoms with Gasteiger partial charge in [-0.1, -0.05) is 12.8 Å². The molecule has 2 atom stereocenters. The smallest absolute Gasteiger partial charge is 0.305 e. The number of carbonyl (C=O) groups is 1. The highest BCUT2D eigenvalue weighted by molar-refractivity contribution is 7.89. The molecule has 112 valence electrons. The van der Waals surface area contributed by atoms with Gasteiger partial charge in [0.05, 0.1) is 19.0 Å². The van der Waals surface area contributed by atoms with Crippen LogP contribution in [-0.2, 0) is 19.6 Å². The van der Waals surface area contributed by atoms with Crippen LogP contribution in [-0.4, -0.2) is 45.0 Å². The summed E-state index contributed by atoms with van der Waals surface area (Å²) in [6, 6.07) is 0. The summed E-state index contributed by atoms with van der Waals surface area (Å²) in [5.74, 6) is -0.493. The molecule has 0 saturated heterocycles. The Morgan fingerprint density at radius 2 is 2.05 bits per heavy atom. The highest BCUT2D eigenvalue weighted by Crippen LogP contribution is 2.23. The fourth-order valence-electron chi connectivity index (χ4n) is 2.24. The predicted molar refractivity (Wildman–Crippen MR) is 71.0 cm³/mol. The third-order valence-electron chi connectivity index (χ3n) is 3.46. The van der Waals surface area contributed by atoms with E-state index in [0.29, 0.717) is 0 Å². The quantitative estimate of drug-likeness (QED) is 0.663. The van der Waals surface area contributed by atoms with Crippen molar-refractivity contribution in [3.63, 3.8) is 0 Å². The van der Waals surface area contributed by atoms with E-state index in [1.165, 1.54) is 7.11 Å². The lowest BCUT2D eigenvalue weighted by atomic mass is 9.87. The van der Waals surface area contributed by atoms with E-state index in [0.717, 1.165) is 25.7 Å². The zero-order valence-corrected chi connectivity index (χ0v) is 12.1. The monoisotopic (exact) mass is 293 g/mol.